The third-order valence-electron chi connectivity index (χ3n) is 4.50. The fourth-order valence-corrected chi connectivity index (χ4v) is 3.75. The van der Waals surface area contributed by atoms with Crippen LogP contribution in [0, 0.1) is 0 Å². The smallest absolute Gasteiger partial charge is 0.337 e. The quantitative estimate of drug-likeness (QED) is 0.505. The number of morpholine rings is 1. The van der Waals surface area contributed by atoms with Crippen LogP contribution in [-0.2, 0) is 27.4 Å². The summed E-state index contributed by atoms with van der Waals surface area (Å²) >= 11 is 1.37. The number of hydrogen-bond donors (Lipinski definition) is 1. The van der Waals surface area contributed by atoms with Crippen molar-refractivity contribution in [2.24, 2.45) is 0 Å². The van der Waals surface area contributed by atoms with Crippen LogP contribution in [0.25, 0.3) is 0 Å². The number of carbonyl (C=O) groups excluding carboxylic acids is 2. The normalized spacial score (nSPS) is 13.9. The molecule has 0 radical (unpaired) electrons. The molecule has 1 saturated heterocycles. The Morgan fingerprint density at radius 3 is 2.59 bits per heavy atom. The first kappa shape index (κ1) is 21.1. The van der Waals surface area contributed by atoms with Gasteiger partial charge in [0.05, 0.1) is 31.6 Å². The van der Waals surface area contributed by atoms with Crippen molar-refractivity contribution in [3.63, 3.8) is 0 Å². The average molecular weight is 420 g/mol. The van der Waals surface area contributed by atoms with E-state index in [0.29, 0.717) is 25.3 Å². The molecule has 1 aromatic carbocycles. The van der Waals surface area contributed by atoms with Gasteiger partial charge in [0.2, 0.25) is 11.9 Å². The van der Waals surface area contributed by atoms with Crippen molar-refractivity contribution in [2.75, 3.05) is 44.1 Å². The second kappa shape index (κ2) is 10.3. The molecule has 1 amide bonds. The van der Waals surface area contributed by atoms with Crippen LogP contribution in [-0.4, -0.2) is 65.8 Å². The summed E-state index contributed by atoms with van der Waals surface area (Å²) in [5.74, 6) is 0.602. The van der Waals surface area contributed by atoms with E-state index < -0.39 is 0 Å². The van der Waals surface area contributed by atoms with E-state index in [0.717, 1.165) is 36.3 Å². The van der Waals surface area contributed by atoms with Gasteiger partial charge in [0.25, 0.3) is 0 Å². The third-order valence-corrected chi connectivity index (χ3v) is 5.47. The Morgan fingerprint density at radius 2 is 1.93 bits per heavy atom. The van der Waals surface area contributed by atoms with Gasteiger partial charge in [-0.1, -0.05) is 23.9 Å². The zero-order valence-corrected chi connectivity index (χ0v) is 17.4. The predicted molar refractivity (Wildman–Crippen MR) is 109 cm³/mol. The van der Waals surface area contributed by atoms with Crippen molar-refractivity contribution in [3.05, 3.63) is 35.4 Å². The Morgan fingerprint density at radius 1 is 1.21 bits per heavy atom. The predicted octanol–water partition coefficient (Wildman–Crippen LogP) is 1.33. The van der Waals surface area contributed by atoms with Crippen LogP contribution in [0.1, 0.15) is 22.8 Å². The maximum atomic E-state index is 12.2. The van der Waals surface area contributed by atoms with Crippen LogP contribution in [0.3, 0.4) is 0 Å². The van der Waals surface area contributed by atoms with E-state index in [1.807, 2.05) is 11.5 Å². The molecule has 0 bridgehead atoms. The largest absolute Gasteiger partial charge is 0.465 e. The van der Waals surface area contributed by atoms with Gasteiger partial charge in [-0.15, -0.1) is 10.2 Å². The highest BCUT2D eigenvalue weighted by atomic mass is 32.2. The summed E-state index contributed by atoms with van der Waals surface area (Å²) in [4.78, 5) is 25.8. The maximum absolute atomic E-state index is 12.2. The average Bonchev–Trinajstić information content (AvgIpc) is 3.19. The minimum atomic E-state index is -0.381. The van der Waals surface area contributed by atoms with Crippen LogP contribution in [0.4, 0.5) is 5.95 Å². The third kappa shape index (κ3) is 5.48. The lowest BCUT2D eigenvalue weighted by Crippen LogP contribution is -2.38. The van der Waals surface area contributed by atoms with Gasteiger partial charge in [-0.3, -0.25) is 9.36 Å². The SMILES string of the molecule is CCn1c(SCC(=O)NCc2ccc(C(=O)OC)cc2)nnc1N1CCOCC1. The number of ether oxygens (including phenoxy) is 2. The maximum Gasteiger partial charge on any atom is 0.337 e. The summed E-state index contributed by atoms with van der Waals surface area (Å²) < 4.78 is 12.1. The molecule has 2 aromatic rings. The number of anilines is 1. The van der Waals surface area contributed by atoms with Crippen LogP contribution < -0.4 is 10.2 Å². The van der Waals surface area contributed by atoms with E-state index in [1.165, 1.54) is 18.9 Å². The van der Waals surface area contributed by atoms with E-state index in [4.69, 9.17) is 4.74 Å². The summed E-state index contributed by atoms with van der Waals surface area (Å²) in [5.41, 5.74) is 1.38. The molecule has 1 aliphatic heterocycles. The molecule has 0 aliphatic carbocycles. The van der Waals surface area contributed by atoms with Gasteiger partial charge in [0.1, 0.15) is 0 Å². The van der Waals surface area contributed by atoms with Gasteiger partial charge in [-0.05, 0) is 24.6 Å². The first-order valence-corrected chi connectivity index (χ1v) is 10.4. The number of carbonyl (C=O) groups is 2. The summed E-state index contributed by atoms with van der Waals surface area (Å²) in [6.07, 6.45) is 0. The molecule has 156 valence electrons. The number of thioether (sulfide) groups is 1. The summed E-state index contributed by atoms with van der Waals surface area (Å²) in [5, 5.41) is 12.2. The highest BCUT2D eigenvalue weighted by Crippen LogP contribution is 2.22. The van der Waals surface area contributed by atoms with E-state index >= 15 is 0 Å². The molecule has 0 saturated carbocycles. The van der Waals surface area contributed by atoms with E-state index in [9.17, 15) is 9.59 Å². The van der Waals surface area contributed by atoms with Crippen molar-refractivity contribution >= 4 is 29.6 Å². The fourth-order valence-electron chi connectivity index (χ4n) is 2.92. The molecule has 3 rings (SSSR count). The molecule has 29 heavy (non-hydrogen) atoms. The topological polar surface area (TPSA) is 98.6 Å². The fraction of sp³-hybridized carbons (Fsp3) is 0.474. The van der Waals surface area contributed by atoms with Crippen molar-refractivity contribution < 1.29 is 19.1 Å². The first-order chi connectivity index (χ1) is 14.1. The van der Waals surface area contributed by atoms with Crippen molar-refractivity contribution in [2.45, 2.75) is 25.2 Å². The van der Waals surface area contributed by atoms with E-state index in [2.05, 4.69) is 25.2 Å². The number of methoxy groups -OCH3 is 1. The van der Waals surface area contributed by atoms with Crippen molar-refractivity contribution in [1.29, 1.82) is 0 Å². The first-order valence-electron chi connectivity index (χ1n) is 9.45. The van der Waals surface area contributed by atoms with Crippen molar-refractivity contribution in [3.8, 4) is 0 Å². The van der Waals surface area contributed by atoms with Crippen LogP contribution in [0.15, 0.2) is 29.4 Å². The number of nitrogens with zero attached hydrogens (tertiary/aromatic N) is 4. The lowest BCUT2D eigenvalue weighted by atomic mass is 10.1. The zero-order valence-electron chi connectivity index (χ0n) is 16.6. The minimum absolute atomic E-state index is 0.0920. The number of esters is 1. The molecular formula is C19H25N5O4S. The Kier molecular flexibility index (Phi) is 7.48. The van der Waals surface area contributed by atoms with Crippen LogP contribution in [0.2, 0.25) is 0 Å². The lowest BCUT2D eigenvalue weighted by Gasteiger charge is -2.27. The summed E-state index contributed by atoms with van der Waals surface area (Å²) in [6.45, 7) is 6.10. The minimum Gasteiger partial charge on any atom is -0.465 e. The summed E-state index contributed by atoms with van der Waals surface area (Å²) in [6, 6.07) is 6.95. The van der Waals surface area contributed by atoms with E-state index in [-0.39, 0.29) is 17.6 Å². The van der Waals surface area contributed by atoms with Gasteiger partial charge in [-0.2, -0.15) is 0 Å². The van der Waals surface area contributed by atoms with E-state index in [1.54, 1.807) is 24.3 Å². The molecule has 0 unspecified atom stereocenters. The molecule has 1 N–H and O–H groups in total. The number of nitrogens with one attached hydrogen (secondary N) is 1. The second-order valence-corrected chi connectivity index (χ2v) is 7.32. The standard InChI is InChI=1S/C19H25N5O4S/c1-3-24-18(23-8-10-28-11-9-23)21-22-19(24)29-13-16(25)20-12-14-4-6-15(7-5-14)17(26)27-2/h4-7H,3,8-13H2,1-2H3,(H,20,25). The molecule has 1 aliphatic rings. The molecule has 2 heterocycles. The number of amides is 1. The monoisotopic (exact) mass is 419 g/mol. The van der Waals surface area contributed by atoms with Crippen LogP contribution >= 0.6 is 11.8 Å². The highest BCUT2D eigenvalue weighted by molar-refractivity contribution is 7.99. The number of aromatic nitrogens is 3. The van der Waals surface area contributed by atoms with Gasteiger partial charge < -0.3 is 19.7 Å². The molecule has 9 nitrogen and oxygen atoms in total. The molecule has 1 fully saturated rings. The Bertz CT molecular complexity index is 834. The molecule has 10 heteroatoms. The van der Waals surface area contributed by atoms with Crippen molar-refractivity contribution in [1.82, 2.24) is 20.1 Å². The van der Waals surface area contributed by atoms with Gasteiger partial charge in [0.15, 0.2) is 5.16 Å². The van der Waals surface area contributed by atoms with Crippen LogP contribution in [0.5, 0.6) is 0 Å². The zero-order chi connectivity index (χ0) is 20.6. The lowest BCUT2D eigenvalue weighted by molar-refractivity contribution is -0.118. The Balaban J connectivity index is 1.50. The molecule has 1 aromatic heterocycles. The Hall–Kier alpha value is -2.59. The number of hydrogen-bond acceptors (Lipinski definition) is 8. The summed E-state index contributed by atoms with van der Waals surface area (Å²) in [7, 11) is 1.34. The molecular weight excluding hydrogens is 394 g/mol. The highest BCUT2D eigenvalue weighted by Gasteiger charge is 2.20. The molecule has 0 atom stereocenters. The van der Waals surface area contributed by atoms with Gasteiger partial charge >= 0.3 is 5.97 Å². The van der Waals surface area contributed by atoms with Gasteiger partial charge in [-0.25, -0.2) is 4.79 Å². The van der Waals surface area contributed by atoms with Gasteiger partial charge in [0, 0.05) is 26.2 Å². The Labute approximate surface area is 173 Å². The second-order valence-electron chi connectivity index (χ2n) is 6.38. The number of benzene rings is 1. The number of rotatable bonds is 8. The molecule has 0 spiro atoms.